The predicted molar refractivity (Wildman–Crippen MR) is 131 cm³/mol. The minimum atomic E-state index is -0.963. The third kappa shape index (κ3) is 15.1. The molecular weight excluding hydrogens is 386 g/mol. The van der Waals surface area contributed by atoms with Gasteiger partial charge in [-0.25, -0.2) is 4.79 Å². The van der Waals surface area contributed by atoms with E-state index in [9.17, 15) is 9.59 Å². The lowest BCUT2D eigenvalue weighted by molar-refractivity contribution is -0.116. The average Bonchev–Trinajstić information content (AvgIpc) is 2.76. The van der Waals surface area contributed by atoms with E-state index in [2.05, 4.69) is 36.5 Å². The number of allylic oxidation sites excluding steroid dienone is 4. The highest BCUT2D eigenvalue weighted by atomic mass is 16.4. The number of rotatable bonds is 18. The van der Waals surface area contributed by atoms with Gasteiger partial charge in [0.1, 0.15) is 0 Å². The zero-order valence-electron chi connectivity index (χ0n) is 19.3. The van der Waals surface area contributed by atoms with Gasteiger partial charge in [0, 0.05) is 12.1 Å². The van der Waals surface area contributed by atoms with Crippen LogP contribution in [0.5, 0.6) is 0 Å². The molecule has 0 saturated heterocycles. The molecule has 0 spiro atoms. The Morgan fingerprint density at radius 1 is 0.774 bits per heavy atom. The fourth-order valence-electron chi connectivity index (χ4n) is 3.37. The van der Waals surface area contributed by atoms with Crippen LogP contribution < -0.4 is 5.32 Å². The second-order valence-electron chi connectivity index (χ2n) is 8.12. The Kier molecular flexibility index (Phi) is 15.8. The monoisotopic (exact) mass is 427 g/mol. The number of carboxylic acids is 1. The van der Waals surface area contributed by atoms with Gasteiger partial charge in [-0.05, 0) is 62.8 Å². The van der Waals surface area contributed by atoms with Gasteiger partial charge in [0.25, 0.3) is 0 Å². The Hall–Kier alpha value is -2.36. The molecule has 1 aromatic carbocycles. The lowest BCUT2D eigenvalue weighted by Crippen LogP contribution is -2.11. The minimum Gasteiger partial charge on any atom is -0.478 e. The maximum absolute atomic E-state index is 12.0. The highest BCUT2D eigenvalue weighted by molar-refractivity contribution is 5.92. The van der Waals surface area contributed by atoms with Gasteiger partial charge in [0.05, 0.1) is 5.56 Å². The number of amides is 1. The molecule has 1 amide bonds. The van der Waals surface area contributed by atoms with Crippen LogP contribution in [0.15, 0.2) is 48.6 Å². The molecule has 0 aliphatic carbocycles. The number of unbranched alkanes of at least 4 members (excludes halogenated alkanes) is 10. The number of nitrogens with one attached hydrogen (secondary N) is 1. The summed E-state index contributed by atoms with van der Waals surface area (Å²) in [4.78, 5) is 22.8. The first-order valence-corrected chi connectivity index (χ1v) is 12.1. The Bertz CT molecular complexity index is 662. The largest absolute Gasteiger partial charge is 0.478 e. The van der Waals surface area contributed by atoms with Crippen LogP contribution in [0.25, 0.3) is 0 Å². The summed E-state index contributed by atoms with van der Waals surface area (Å²) in [6.07, 6.45) is 25.3. The van der Waals surface area contributed by atoms with Gasteiger partial charge >= 0.3 is 5.97 Å². The summed E-state index contributed by atoms with van der Waals surface area (Å²) in [6.45, 7) is 2.24. The van der Waals surface area contributed by atoms with Gasteiger partial charge in [0.2, 0.25) is 5.91 Å². The highest BCUT2D eigenvalue weighted by Crippen LogP contribution is 2.13. The predicted octanol–water partition coefficient (Wildman–Crippen LogP) is 7.92. The quantitative estimate of drug-likeness (QED) is 0.185. The van der Waals surface area contributed by atoms with Crippen LogP contribution in [0.4, 0.5) is 5.69 Å². The van der Waals surface area contributed by atoms with Gasteiger partial charge in [0.15, 0.2) is 0 Å². The van der Waals surface area contributed by atoms with E-state index in [1.54, 1.807) is 12.1 Å². The van der Waals surface area contributed by atoms with E-state index >= 15 is 0 Å². The van der Waals surface area contributed by atoms with Crippen molar-refractivity contribution in [2.24, 2.45) is 0 Å². The summed E-state index contributed by atoms with van der Waals surface area (Å²) in [5, 5.41) is 11.7. The number of hydrogen-bond acceptors (Lipinski definition) is 2. The first-order chi connectivity index (χ1) is 15.1. The molecule has 4 heteroatoms. The van der Waals surface area contributed by atoms with Gasteiger partial charge in [-0.3, -0.25) is 4.79 Å². The van der Waals surface area contributed by atoms with E-state index in [1.807, 2.05) is 0 Å². The van der Waals surface area contributed by atoms with Gasteiger partial charge in [-0.1, -0.05) is 76.2 Å². The molecule has 0 saturated carbocycles. The molecule has 0 atom stereocenters. The van der Waals surface area contributed by atoms with Crippen molar-refractivity contribution >= 4 is 17.6 Å². The standard InChI is InChI=1S/C27H41NO3/c1-2-3-4-5-6-7-8-9-10-11-12-13-14-15-16-17-18-19-26(29)28-25-22-20-24(21-23-25)27(30)31/h6-7,9-10,20-23H,2-5,8,11-19H2,1H3,(H,28,29)(H,30,31)/b7-6-,10-9-. The van der Waals surface area contributed by atoms with Crippen LogP contribution in [-0.2, 0) is 4.79 Å². The topological polar surface area (TPSA) is 66.4 Å². The van der Waals surface area contributed by atoms with Crippen molar-refractivity contribution in [2.45, 2.75) is 96.8 Å². The summed E-state index contributed by atoms with van der Waals surface area (Å²) in [5.41, 5.74) is 0.867. The Morgan fingerprint density at radius 3 is 1.90 bits per heavy atom. The lowest BCUT2D eigenvalue weighted by Gasteiger charge is -2.06. The third-order valence-corrected chi connectivity index (χ3v) is 5.27. The number of carboxylic acid groups (broad SMARTS) is 1. The van der Waals surface area contributed by atoms with Crippen molar-refractivity contribution in [3.8, 4) is 0 Å². The number of carbonyl (C=O) groups is 2. The second-order valence-corrected chi connectivity index (χ2v) is 8.12. The molecule has 0 radical (unpaired) electrons. The van der Waals surface area contributed by atoms with Crippen LogP contribution in [0.3, 0.4) is 0 Å². The Morgan fingerprint density at radius 2 is 1.32 bits per heavy atom. The Labute approximate surface area is 188 Å². The summed E-state index contributed by atoms with van der Waals surface area (Å²) in [6, 6.07) is 6.25. The number of carbonyl (C=O) groups excluding carboxylic acids is 1. The van der Waals surface area contributed by atoms with Gasteiger partial charge < -0.3 is 10.4 Å². The van der Waals surface area contributed by atoms with Crippen LogP contribution in [0.2, 0.25) is 0 Å². The average molecular weight is 428 g/mol. The zero-order chi connectivity index (χ0) is 22.6. The third-order valence-electron chi connectivity index (χ3n) is 5.27. The number of hydrogen-bond donors (Lipinski definition) is 2. The molecule has 0 aliphatic heterocycles. The van der Waals surface area contributed by atoms with Crippen LogP contribution in [0, 0.1) is 0 Å². The van der Waals surface area contributed by atoms with E-state index in [4.69, 9.17) is 5.11 Å². The molecule has 0 heterocycles. The molecule has 1 rings (SSSR count). The minimum absolute atomic E-state index is 0.00864. The first-order valence-electron chi connectivity index (χ1n) is 12.1. The molecule has 2 N–H and O–H groups in total. The summed E-state index contributed by atoms with van der Waals surface area (Å²) in [5.74, 6) is -0.971. The van der Waals surface area contributed by atoms with Gasteiger partial charge in [-0.15, -0.1) is 0 Å². The molecule has 4 nitrogen and oxygen atoms in total. The zero-order valence-corrected chi connectivity index (χ0v) is 19.3. The van der Waals surface area contributed by atoms with Gasteiger partial charge in [-0.2, -0.15) is 0 Å². The van der Waals surface area contributed by atoms with Crippen molar-refractivity contribution in [1.82, 2.24) is 0 Å². The lowest BCUT2D eigenvalue weighted by atomic mass is 10.1. The van der Waals surface area contributed by atoms with E-state index < -0.39 is 5.97 Å². The smallest absolute Gasteiger partial charge is 0.335 e. The fourth-order valence-corrected chi connectivity index (χ4v) is 3.37. The van der Waals surface area contributed by atoms with E-state index in [1.165, 1.54) is 76.3 Å². The normalized spacial score (nSPS) is 11.4. The fraction of sp³-hybridized carbons (Fsp3) is 0.556. The molecule has 0 bridgehead atoms. The van der Waals surface area contributed by atoms with E-state index in [0.717, 1.165) is 19.3 Å². The number of aromatic carboxylic acids is 1. The molecule has 0 fully saturated rings. The van der Waals surface area contributed by atoms with E-state index in [0.29, 0.717) is 12.1 Å². The van der Waals surface area contributed by atoms with E-state index in [-0.39, 0.29) is 11.5 Å². The molecular formula is C27H41NO3. The van der Waals surface area contributed by atoms with Crippen LogP contribution in [-0.4, -0.2) is 17.0 Å². The van der Waals surface area contributed by atoms with Crippen LogP contribution >= 0.6 is 0 Å². The highest BCUT2D eigenvalue weighted by Gasteiger charge is 2.05. The molecule has 172 valence electrons. The number of benzene rings is 1. The number of anilines is 1. The van der Waals surface area contributed by atoms with Crippen LogP contribution in [0.1, 0.15) is 107 Å². The van der Waals surface area contributed by atoms with Crippen molar-refractivity contribution in [3.63, 3.8) is 0 Å². The molecule has 0 unspecified atom stereocenters. The summed E-state index contributed by atoms with van der Waals surface area (Å²) < 4.78 is 0. The van der Waals surface area contributed by atoms with Crippen molar-refractivity contribution in [2.75, 3.05) is 5.32 Å². The molecule has 31 heavy (non-hydrogen) atoms. The summed E-state index contributed by atoms with van der Waals surface area (Å²) >= 11 is 0. The molecule has 0 aromatic heterocycles. The molecule has 0 aliphatic rings. The molecule has 1 aromatic rings. The van der Waals surface area contributed by atoms with Crippen molar-refractivity contribution in [1.29, 1.82) is 0 Å². The van der Waals surface area contributed by atoms with Crippen molar-refractivity contribution in [3.05, 3.63) is 54.1 Å². The van der Waals surface area contributed by atoms with Crippen molar-refractivity contribution < 1.29 is 14.7 Å². The maximum atomic E-state index is 12.0. The Balaban J connectivity index is 1.91. The summed E-state index contributed by atoms with van der Waals surface area (Å²) in [7, 11) is 0. The SMILES string of the molecule is CCCCC/C=C\C/C=C\CCCCCCCCCC(=O)Nc1ccc(C(=O)O)cc1. The first kappa shape index (κ1) is 26.7. The maximum Gasteiger partial charge on any atom is 0.335 e. The second kappa shape index (κ2) is 18.4.